The number of aromatic nitrogens is 2. The highest BCUT2D eigenvalue weighted by Crippen LogP contribution is 2.21. The Morgan fingerprint density at radius 2 is 1.91 bits per heavy atom. The first-order valence-corrected chi connectivity index (χ1v) is 8.01. The van der Waals surface area contributed by atoms with E-state index in [4.69, 9.17) is 11.6 Å². The van der Waals surface area contributed by atoms with Crippen molar-refractivity contribution in [2.75, 3.05) is 0 Å². The van der Waals surface area contributed by atoms with E-state index in [0.717, 1.165) is 27.4 Å². The highest BCUT2D eigenvalue weighted by atomic mass is 35.5. The van der Waals surface area contributed by atoms with E-state index in [1.54, 1.807) is 0 Å². The van der Waals surface area contributed by atoms with E-state index < -0.39 is 0 Å². The van der Waals surface area contributed by atoms with Gasteiger partial charge in [0.15, 0.2) is 0 Å². The van der Waals surface area contributed by atoms with E-state index in [9.17, 15) is 4.79 Å². The van der Waals surface area contributed by atoms with Gasteiger partial charge < -0.3 is 9.88 Å². The van der Waals surface area contributed by atoms with Crippen LogP contribution in [0.25, 0.3) is 11.0 Å². The Labute approximate surface area is 140 Å². The summed E-state index contributed by atoms with van der Waals surface area (Å²) in [5.74, 6) is 0.842. The van der Waals surface area contributed by atoms with Gasteiger partial charge in [-0.1, -0.05) is 48.9 Å². The van der Waals surface area contributed by atoms with Crippen LogP contribution in [0.2, 0.25) is 5.02 Å². The number of amides is 1. The van der Waals surface area contributed by atoms with Crippen molar-refractivity contribution in [2.45, 2.75) is 26.4 Å². The van der Waals surface area contributed by atoms with Crippen LogP contribution in [0.15, 0.2) is 48.5 Å². The summed E-state index contributed by atoms with van der Waals surface area (Å²) in [6.45, 7) is 2.87. The van der Waals surface area contributed by atoms with Crippen molar-refractivity contribution in [1.82, 2.24) is 14.9 Å². The van der Waals surface area contributed by atoms with E-state index in [1.165, 1.54) is 0 Å². The van der Waals surface area contributed by atoms with Gasteiger partial charge in [0.05, 0.1) is 24.1 Å². The number of hydrogen-bond acceptors (Lipinski definition) is 2. The van der Waals surface area contributed by atoms with E-state index >= 15 is 0 Å². The maximum absolute atomic E-state index is 11.6. The summed E-state index contributed by atoms with van der Waals surface area (Å²) in [5, 5.41) is 3.63. The lowest BCUT2D eigenvalue weighted by atomic mass is 10.2. The third-order valence-electron chi connectivity index (χ3n) is 3.78. The smallest absolute Gasteiger partial charge is 0.220 e. The lowest BCUT2D eigenvalue weighted by molar-refractivity contribution is -0.120. The van der Waals surface area contributed by atoms with Crippen molar-refractivity contribution in [1.29, 1.82) is 0 Å². The number of imidazole rings is 1. The van der Waals surface area contributed by atoms with E-state index in [2.05, 4.69) is 14.9 Å². The fourth-order valence-electron chi connectivity index (χ4n) is 2.54. The van der Waals surface area contributed by atoms with Crippen LogP contribution in [-0.2, 0) is 17.9 Å². The standard InChI is InChI=1S/C18H18ClN3O/c1-2-18(23)20-11-17-21-15-9-5-6-10-16(15)22(17)12-13-7-3-4-8-14(13)19/h3-10H,2,11-12H2,1H3,(H,20,23). The Morgan fingerprint density at radius 3 is 2.70 bits per heavy atom. The first kappa shape index (κ1) is 15.6. The molecule has 5 heteroatoms. The molecule has 0 aliphatic rings. The van der Waals surface area contributed by atoms with Gasteiger partial charge in [-0.3, -0.25) is 4.79 Å². The molecule has 118 valence electrons. The van der Waals surface area contributed by atoms with Crippen LogP contribution in [0.5, 0.6) is 0 Å². The summed E-state index contributed by atoms with van der Waals surface area (Å²) >= 11 is 6.29. The number of halogens is 1. The van der Waals surface area contributed by atoms with Crippen LogP contribution in [0, 0.1) is 0 Å². The molecule has 0 atom stereocenters. The molecule has 23 heavy (non-hydrogen) atoms. The molecule has 3 rings (SSSR count). The van der Waals surface area contributed by atoms with Crippen LogP contribution in [0.1, 0.15) is 24.7 Å². The number of fused-ring (bicyclic) bond motifs is 1. The van der Waals surface area contributed by atoms with Crippen molar-refractivity contribution >= 4 is 28.5 Å². The van der Waals surface area contributed by atoms with Crippen molar-refractivity contribution in [3.63, 3.8) is 0 Å². The second-order valence-electron chi connectivity index (χ2n) is 5.32. The van der Waals surface area contributed by atoms with Crippen molar-refractivity contribution in [3.05, 3.63) is 64.9 Å². The fraction of sp³-hybridized carbons (Fsp3) is 0.222. The number of carbonyl (C=O) groups excluding carboxylic acids is 1. The van der Waals surface area contributed by atoms with Gasteiger partial charge in [0.25, 0.3) is 0 Å². The Bertz CT molecular complexity index is 841. The van der Waals surface area contributed by atoms with E-state index in [-0.39, 0.29) is 5.91 Å². The van der Waals surface area contributed by atoms with Gasteiger partial charge in [0, 0.05) is 11.4 Å². The molecule has 1 N–H and O–H groups in total. The maximum Gasteiger partial charge on any atom is 0.220 e. The highest BCUT2D eigenvalue weighted by molar-refractivity contribution is 6.31. The minimum absolute atomic E-state index is 0.0151. The third-order valence-corrected chi connectivity index (χ3v) is 4.15. The van der Waals surface area contributed by atoms with Gasteiger partial charge in [-0.15, -0.1) is 0 Å². The van der Waals surface area contributed by atoms with Gasteiger partial charge in [-0.2, -0.15) is 0 Å². The molecule has 0 radical (unpaired) electrons. The fourth-order valence-corrected chi connectivity index (χ4v) is 2.73. The SMILES string of the molecule is CCC(=O)NCc1nc2ccccc2n1Cc1ccccc1Cl. The first-order chi connectivity index (χ1) is 11.2. The first-order valence-electron chi connectivity index (χ1n) is 7.63. The summed E-state index contributed by atoms with van der Waals surface area (Å²) in [4.78, 5) is 16.2. The molecule has 1 amide bonds. The number of carbonyl (C=O) groups is 1. The zero-order chi connectivity index (χ0) is 16.2. The van der Waals surface area contributed by atoms with Crippen LogP contribution in [-0.4, -0.2) is 15.5 Å². The molecule has 4 nitrogen and oxygen atoms in total. The maximum atomic E-state index is 11.6. The van der Waals surface area contributed by atoms with Crippen molar-refractivity contribution in [3.8, 4) is 0 Å². The second kappa shape index (κ2) is 6.84. The van der Waals surface area contributed by atoms with Gasteiger partial charge in [-0.05, 0) is 23.8 Å². The summed E-state index contributed by atoms with van der Waals surface area (Å²) in [6, 6.07) is 15.7. The highest BCUT2D eigenvalue weighted by Gasteiger charge is 2.12. The van der Waals surface area contributed by atoms with Crippen molar-refractivity contribution in [2.24, 2.45) is 0 Å². The van der Waals surface area contributed by atoms with E-state index in [0.29, 0.717) is 19.5 Å². The largest absolute Gasteiger partial charge is 0.349 e. The van der Waals surface area contributed by atoms with E-state index in [1.807, 2.05) is 55.5 Å². The lowest BCUT2D eigenvalue weighted by Crippen LogP contribution is -2.23. The van der Waals surface area contributed by atoms with Gasteiger partial charge in [0.1, 0.15) is 5.82 Å². The van der Waals surface area contributed by atoms with Crippen LogP contribution < -0.4 is 5.32 Å². The molecule has 0 unspecified atom stereocenters. The minimum Gasteiger partial charge on any atom is -0.349 e. The summed E-state index contributed by atoms with van der Waals surface area (Å²) < 4.78 is 2.10. The molecule has 0 saturated carbocycles. The number of para-hydroxylation sites is 2. The molecule has 1 heterocycles. The number of hydrogen-bond donors (Lipinski definition) is 1. The van der Waals surface area contributed by atoms with Gasteiger partial charge >= 0.3 is 0 Å². The number of benzene rings is 2. The predicted molar refractivity (Wildman–Crippen MR) is 92.4 cm³/mol. The van der Waals surface area contributed by atoms with Gasteiger partial charge in [0.2, 0.25) is 5.91 Å². The lowest BCUT2D eigenvalue weighted by Gasteiger charge is -2.11. The Morgan fingerprint density at radius 1 is 1.17 bits per heavy atom. The molecule has 1 aromatic heterocycles. The molecule has 0 saturated heterocycles. The average Bonchev–Trinajstić information content (AvgIpc) is 2.92. The molecule has 2 aromatic carbocycles. The number of rotatable bonds is 5. The Balaban J connectivity index is 1.99. The molecular formula is C18H18ClN3O. The Hall–Kier alpha value is -2.33. The predicted octanol–water partition coefficient (Wildman–Crippen LogP) is 3.76. The monoisotopic (exact) mass is 327 g/mol. The molecule has 0 spiro atoms. The molecule has 0 aliphatic heterocycles. The molecule has 0 fully saturated rings. The molecule has 0 bridgehead atoms. The van der Waals surface area contributed by atoms with Crippen molar-refractivity contribution < 1.29 is 4.79 Å². The second-order valence-corrected chi connectivity index (χ2v) is 5.73. The zero-order valence-corrected chi connectivity index (χ0v) is 13.7. The molecule has 0 aliphatic carbocycles. The minimum atomic E-state index is 0.0151. The Kier molecular flexibility index (Phi) is 4.63. The normalized spacial score (nSPS) is 10.9. The molecular weight excluding hydrogens is 310 g/mol. The average molecular weight is 328 g/mol. The number of nitrogens with zero attached hydrogens (tertiary/aromatic N) is 2. The van der Waals surface area contributed by atoms with Crippen LogP contribution in [0.3, 0.4) is 0 Å². The zero-order valence-electron chi connectivity index (χ0n) is 12.9. The van der Waals surface area contributed by atoms with Crippen LogP contribution >= 0.6 is 11.6 Å². The third kappa shape index (κ3) is 3.37. The number of nitrogens with one attached hydrogen (secondary N) is 1. The van der Waals surface area contributed by atoms with Crippen LogP contribution in [0.4, 0.5) is 0 Å². The summed E-state index contributed by atoms with van der Waals surface area (Å²) in [5.41, 5.74) is 2.98. The summed E-state index contributed by atoms with van der Waals surface area (Å²) in [7, 11) is 0. The molecule has 3 aromatic rings. The van der Waals surface area contributed by atoms with Gasteiger partial charge in [-0.25, -0.2) is 4.98 Å². The topological polar surface area (TPSA) is 46.9 Å². The quantitative estimate of drug-likeness (QED) is 0.775. The summed E-state index contributed by atoms with van der Waals surface area (Å²) in [6.07, 6.45) is 0.463.